The molecule has 1 saturated heterocycles. The lowest BCUT2D eigenvalue weighted by atomic mass is 10.0. The summed E-state index contributed by atoms with van der Waals surface area (Å²) in [5, 5.41) is 6.32. The van der Waals surface area contributed by atoms with Crippen LogP contribution in [0, 0.1) is 5.92 Å². The lowest BCUT2D eigenvalue weighted by Gasteiger charge is -2.22. The molecule has 1 unspecified atom stereocenters. The van der Waals surface area contributed by atoms with Crippen LogP contribution in [0.2, 0.25) is 0 Å². The van der Waals surface area contributed by atoms with Gasteiger partial charge in [-0.25, -0.2) is 4.98 Å². The summed E-state index contributed by atoms with van der Waals surface area (Å²) >= 11 is 0. The average Bonchev–Trinajstić information content (AvgIpc) is 2.94. The zero-order valence-electron chi connectivity index (χ0n) is 10.9. The number of H-pyrrole nitrogens is 1. The summed E-state index contributed by atoms with van der Waals surface area (Å²) in [5.41, 5.74) is 1.51. The van der Waals surface area contributed by atoms with Gasteiger partial charge in [-0.1, -0.05) is 0 Å². The molecule has 0 spiro atoms. The molecule has 1 aliphatic rings. The molecule has 102 valence electrons. The Morgan fingerprint density at radius 2 is 2.42 bits per heavy atom. The fourth-order valence-electron chi connectivity index (χ4n) is 2.28. The molecule has 0 radical (unpaired) electrons. The van der Waals surface area contributed by atoms with Crippen LogP contribution in [-0.2, 0) is 4.74 Å². The third-order valence-electron chi connectivity index (χ3n) is 3.32. The summed E-state index contributed by atoms with van der Waals surface area (Å²) in [5.74, 6) is 1.90. The number of nitrogens with one attached hydrogen (secondary N) is 3. The fourth-order valence-corrected chi connectivity index (χ4v) is 2.28. The largest absolute Gasteiger partial charge is 0.381 e. The minimum Gasteiger partial charge on any atom is -0.381 e. The van der Waals surface area contributed by atoms with Gasteiger partial charge >= 0.3 is 0 Å². The lowest BCUT2D eigenvalue weighted by Crippen LogP contribution is -2.24. The minimum atomic E-state index is 0.541. The zero-order chi connectivity index (χ0) is 13.1. The van der Waals surface area contributed by atoms with Gasteiger partial charge < -0.3 is 20.4 Å². The maximum absolute atomic E-state index is 5.48. The van der Waals surface area contributed by atoms with Crippen molar-refractivity contribution in [2.24, 2.45) is 5.92 Å². The highest BCUT2D eigenvalue weighted by molar-refractivity contribution is 5.83. The fraction of sp³-hybridized carbons (Fsp3) is 0.583. The van der Waals surface area contributed by atoms with Crippen molar-refractivity contribution in [3.63, 3.8) is 0 Å². The number of aromatic nitrogens is 4. The van der Waals surface area contributed by atoms with Crippen LogP contribution in [0.25, 0.3) is 11.2 Å². The maximum atomic E-state index is 5.48. The predicted octanol–water partition coefficient (Wildman–Crippen LogP) is 1.23. The van der Waals surface area contributed by atoms with Crippen LogP contribution in [0.15, 0.2) is 6.33 Å². The number of rotatable bonds is 4. The van der Waals surface area contributed by atoms with E-state index in [0.717, 1.165) is 37.5 Å². The number of anilines is 2. The quantitative estimate of drug-likeness (QED) is 0.768. The summed E-state index contributed by atoms with van der Waals surface area (Å²) in [7, 11) is 1.80. The number of hydrogen-bond acceptors (Lipinski definition) is 6. The molecule has 2 aromatic rings. The summed E-state index contributed by atoms with van der Waals surface area (Å²) in [6, 6.07) is 0. The Bertz CT molecular complexity index is 548. The number of aromatic amines is 1. The molecule has 0 aromatic carbocycles. The van der Waals surface area contributed by atoms with E-state index in [1.165, 1.54) is 6.42 Å². The van der Waals surface area contributed by atoms with Gasteiger partial charge in [0.25, 0.3) is 0 Å². The van der Waals surface area contributed by atoms with Crippen molar-refractivity contribution >= 4 is 22.9 Å². The molecule has 3 rings (SSSR count). The Morgan fingerprint density at radius 3 is 3.21 bits per heavy atom. The van der Waals surface area contributed by atoms with E-state index in [1.807, 2.05) is 0 Å². The lowest BCUT2D eigenvalue weighted by molar-refractivity contribution is 0.0595. The van der Waals surface area contributed by atoms with Gasteiger partial charge in [0, 0.05) is 20.2 Å². The topological polar surface area (TPSA) is 87.8 Å². The predicted molar refractivity (Wildman–Crippen MR) is 73.3 cm³/mol. The molecule has 0 bridgehead atoms. The van der Waals surface area contributed by atoms with Crippen molar-refractivity contribution in [2.45, 2.75) is 12.8 Å². The summed E-state index contributed by atoms with van der Waals surface area (Å²) in [6.07, 6.45) is 3.97. The van der Waals surface area contributed by atoms with Crippen molar-refractivity contribution in [3.05, 3.63) is 6.33 Å². The van der Waals surface area contributed by atoms with E-state index in [-0.39, 0.29) is 0 Å². The second kappa shape index (κ2) is 5.40. The molecule has 1 atom stereocenters. The minimum absolute atomic E-state index is 0.541. The van der Waals surface area contributed by atoms with Crippen LogP contribution in [-0.4, -0.2) is 46.7 Å². The molecule has 7 heteroatoms. The number of imidazole rings is 1. The molecule has 2 aromatic heterocycles. The van der Waals surface area contributed by atoms with E-state index in [4.69, 9.17) is 4.74 Å². The molecule has 3 N–H and O–H groups in total. The second-order valence-corrected chi connectivity index (χ2v) is 4.71. The van der Waals surface area contributed by atoms with Gasteiger partial charge in [-0.15, -0.1) is 0 Å². The summed E-state index contributed by atoms with van der Waals surface area (Å²) < 4.78 is 5.48. The Labute approximate surface area is 111 Å². The van der Waals surface area contributed by atoms with Gasteiger partial charge in [0.15, 0.2) is 11.5 Å². The van der Waals surface area contributed by atoms with Crippen molar-refractivity contribution < 1.29 is 4.74 Å². The first-order valence-corrected chi connectivity index (χ1v) is 6.57. The Kier molecular flexibility index (Phi) is 3.45. The van der Waals surface area contributed by atoms with Crippen LogP contribution < -0.4 is 10.6 Å². The van der Waals surface area contributed by atoms with Gasteiger partial charge in [0.2, 0.25) is 5.95 Å². The SMILES string of the molecule is CNc1nc(NCC2CCCOC2)c2[nH]cnc2n1. The number of hydrogen-bond donors (Lipinski definition) is 3. The molecule has 7 nitrogen and oxygen atoms in total. The van der Waals surface area contributed by atoms with Crippen LogP contribution in [0.4, 0.5) is 11.8 Å². The molecule has 0 amide bonds. The van der Waals surface area contributed by atoms with Crippen LogP contribution in [0.3, 0.4) is 0 Å². The highest BCUT2D eigenvalue weighted by Crippen LogP contribution is 2.20. The Morgan fingerprint density at radius 1 is 1.47 bits per heavy atom. The first-order valence-electron chi connectivity index (χ1n) is 6.57. The second-order valence-electron chi connectivity index (χ2n) is 4.71. The molecule has 1 fully saturated rings. The zero-order valence-corrected chi connectivity index (χ0v) is 10.9. The molecular weight excluding hydrogens is 244 g/mol. The first kappa shape index (κ1) is 12.2. The van der Waals surface area contributed by atoms with E-state index in [0.29, 0.717) is 17.5 Å². The standard InChI is InChI=1S/C12H18N6O/c1-13-12-17-10(9-11(18-12)16-7-15-9)14-5-8-3-2-4-19-6-8/h7-8H,2-6H2,1H3,(H3,13,14,15,16,17,18). The van der Waals surface area contributed by atoms with Crippen LogP contribution >= 0.6 is 0 Å². The average molecular weight is 262 g/mol. The van der Waals surface area contributed by atoms with Gasteiger partial charge in [-0.3, -0.25) is 0 Å². The van der Waals surface area contributed by atoms with E-state index < -0.39 is 0 Å². The monoisotopic (exact) mass is 262 g/mol. The van der Waals surface area contributed by atoms with Gasteiger partial charge in [-0.2, -0.15) is 9.97 Å². The Hall–Kier alpha value is -1.89. The normalized spacial score (nSPS) is 19.5. The molecule has 0 aliphatic carbocycles. The van der Waals surface area contributed by atoms with Gasteiger partial charge in [0.05, 0.1) is 12.9 Å². The van der Waals surface area contributed by atoms with E-state index in [2.05, 4.69) is 30.6 Å². The summed E-state index contributed by atoms with van der Waals surface area (Å²) in [6.45, 7) is 2.57. The number of fused-ring (bicyclic) bond motifs is 1. The molecule has 3 heterocycles. The smallest absolute Gasteiger partial charge is 0.226 e. The Balaban J connectivity index is 1.77. The maximum Gasteiger partial charge on any atom is 0.226 e. The van der Waals surface area contributed by atoms with Crippen molar-refractivity contribution in [3.8, 4) is 0 Å². The van der Waals surface area contributed by atoms with Gasteiger partial charge in [-0.05, 0) is 18.8 Å². The van der Waals surface area contributed by atoms with Crippen molar-refractivity contribution in [1.82, 2.24) is 19.9 Å². The third-order valence-corrected chi connectivity index (χ3v) is 3.32. The first-order chi connectivity index (χ1) is 9.36. The highest BCUT2D eigenvalue weighted by atomic mass is 16.5. The van der Waals surface area contributed by atoms with Crippen LogP contribution in [0.1, 0.15) is 12.8 Å². The third kappa shape index (κ3) is 2.60. The number of ether oxygens (including phenoxy) is 1. The van der Waals surface area contributed by atoms with Crippen LogP contribution in [0.5, 0.6) is 0 Å². The molecule has 19 heavy (non-hydrogen) atoms. The molecule has 0 saturated carbocycles. The van der Waals surface area contributed by atoms with E-state index in [1.54, 1.807) is 13.4 Å². The summed E-state index contributed by atoms with van der Waals surface area (Å²) in [4.78, 5) is 16.0. The van der Waals surface area contributed by atoms with E-state index >= 15 is 0 Å². The number of nitrogens with zero attached hydrogens (tertiary/aromatic N) is 3. The highest BCUT2D eigenvalue weighted by Gasteiger charge is 2.15. The molecular formula is C12H18N6O. The van der Waals surface area contributed by atoms with Gasteiger partial charge in [0.1, 0.15) is 5.52 Å². The van der Waals surface area contributed by atoms with E-state index in [9.17, 15) is 0 Å². The molecule has 1 aliphatic heterocycles. The van der Waals surface area contributed by atoms with Crippen molar-refractivity contribution in [1.29, 1.82) is 0 Å². The van der Waals surface area contributed by atoms with Crippen molar-refractivity contribution in [2.75, 3.05) is 37.4 Å².